The molecular formula is C16H22O2. The van der Waals surface area contributed by atoms with Gasteiger partial charge in [0, 0.05) is 0 Å². The van der Waals surface area contributed by atoms with E-state index in [0.717, 1.165) is 12.0 Å². The number of benzene rings is 1. The van der Waals surface area contributed by atoms with Gasteiger partial charge in [-0.05, 0) is 18.4 Å². The lowest BCUT2D eigenvalue weighted by atomic mass is 9.95. The van der Waals surface area contributed by atoms with Crippen molar-refractivity contribution in [2.75, 3.05) is 7.11 Å². The van der Waals surface area contributed by atoms with E-state index in [4.69, 9.17) is 4.74 Å². The summed E-state index contributed by atoms with van der Waals surface area (Å²) < 4.78 is 4.87. The topological polar surface area (TPSA) is 26.3 Å². The van der Waals surface area contributed by atoms with Crippen LogP contribution in [0.25, 0.3) is 0 Å². The van der Waals surface area contributed by atoms with E-state index in [0.29, 0.717) is 6.42 Å². The smallest absolute Gasteiger partial charge is 0.313 e. The summed E-state index contributed by atoms with van der Waals surface area (Å²) in [4.78, 5) is 11.8. The fourth-order valence-electron chi connectivity index (χ4n) is 1.87. The van der Waals surface area contributed by atoms with Crippen LogP contribution in [0.5, 0.6) is 0 Å². The maximum Gasteiger partial charge on any atom is 0.313 e. The molecule has 1 aromatic carbocycles. The Morgan fingerprint density at radius 3 is 2.61 bits per heavy atom. The third kappa shape index (κ3) is 4.74. The van der Waals surface area contributed by atoms with Gasteiger partial charge in [0.2, 0.25) is 0 Å². The molecule has 0 fully saturated rings. The van der Waals surface area contributed by atoms with Gasteiger partial charge in [-0.1, -0.05) is 62.2 Å². The second kappa shape index (κ2) is 8.51. The molecule has 0 bridgehead atoms. The molecule has 18 heavy (non-hydrogen) atoms. The van der Waals surface area contributed by atoms with Crippen LogP contribution in [-0.2, 0) is 9.53 Å². The zero-order valence-corrected chi connectivity index (χ0v) is 11.3. The van der Waals surface area contributed by atoms with Gasteiger partial charge in [0.1, 0.15) is 0 Å². The Bertz CT molecular complexity index is 368. The quantitative estimate of drug-likeness (QED) is 0.411. The first-order chi connectivity index (χ1) is 8.79. The monoisotopic (exact) mass is 246 g/mol. The van der Waals surface area contributed by atoms with Crippen LogP contribution in [0.3, 0.4) is 0 Å². The number of methoxy groups -OCH3 is 1. The summed E-state index contributed by atoms with van der Waals surface area (Å²) in [5.74, 6) is -0.351. The van der Waals surface area contributed by atoms with Crippen molar-refractivity contribution in [3.05, 3.63) is 48.0 Å². The molecule has 1 atom stereocenters. The minimum Gasteiger partial charge on any atom is -0.469 e. The second-order valence-corrected chi connectivity index (χ2v) is 4.34. The molecule has 0 spiro atoms. The molecule has 1 unspecified atom stereocenters. The number of hydrogen-bond donors (Lipinski definition) is 0. The molecule has 0 aliphatic heterocycles. The summed E-state index contributed by atoms with van der Waals surface area (Å²) >= 11 is 0. The van der Waals surface area contributed by atoms with Gasteiger partial charge < -0.3 is 4.74 Å². The number of carbonyl (C=O) groups excluding carboxylic acids is 1. The molecule has 0 amide bonds. The molecule has 0 aliphatic rings. The highest BCUT2D eigenvalue weighted by atomic mass is 16.5. The maximum absolute atomic E-state index is 11.8. The molecule has 2 nitrogen and oxygen atoms in total. The Labute approximate surface area is 110 Å². The highest BCUT2D eigenvalue weighted by molar-refractivity contribution is 5.78. The Morgan fingerprint density at radius 2 is 2.00 bits per heavy atom. The van der Waals surface area contributed by atoms with Crippen molar-refractivity contribution >= 4 is 5.97 Å². The van der Waals surface area contributed by atoms with E-state index >= 15 is 0 Å². The van der Waals surface area contributed by atoms with Crippen LogP contribution in [0.4, 0.5) is 0 Å². The zero-order valence-electron chi connectivity index (χ0n) is 11.3. The molecule has 0 aromatic heterocycles. The molecule has 1 rings (SSSR count). The maximum atomic E-state index is 11.8. The van der Waals surface area contributed by atoms with Crippen LogP contribution < -0.4 is 0 Å². The summed E-state index contributed by atoms with van der Waals surface area (Å²) in [5, 5.41) is 0. The van der Waals surface area contributed by atoms with Crippen LogP contribution in [-0.4, -0.2) is 13.1 Å². The van der Waals surface area contributed by atoms with Crippen molar-refractivity contribution in [2.24, 2.45) is 0 Å². The van der Waals surface area contributed by atoms with Crippen molar-refractivity contribution in [2.45, 2.75) is 38.5 Å². The van der Waals surface area contributed by atoms with Crippen molar-refractivity contribution in [3.63, 3.8) is 0 Å². The second-order valence-electron chi connectivity index (χ2n) is 4.34. The summed E-state index contributed by atoms with van der Waals surface area (Å²) in [6, 6.07) is 9.80. The Hall–Kier alpha value is -1.57. The van der Waals surface area contributed by atoms with E-state index in [9.17, 15) is 4.79 Å². The van der Waals surface area contributed by atoms with Crippen molar-refractivity contribution in [1.82, 2.24) is 0 Å². The van der Waals surface area contributed by atoms with Gasteiger partial charge in [0.25, 0.3) is 0 Å². The molecule has 0 radical (unpaired) electrons. The summed E-state index contributed by atoms with van der Waals surface area (Å²) in [6.07, 6.45) is 8.43. The van der Waals surface area contributed by atoms with E-state index < -0.39 is 0 Å². The Kier molecular flexibility index (Phi) is 6.85. The molecule has 0 N–H and O–H groups in total. The third-order valence-electron chi connectivity index (χ3n) is 2.95. The average molecular weight is 246 g/mol. The minimum absolute atomic E-state index is 0.165. The first kappa shape index (κ1) is 14.5. The van der Waals surface area contributed by atoms with Gasteiger partial charge in [-0.15, -0.1) is 0 Å². The third-order valence-corrected chi connectivity index (χ3v) is 2.95. The lowest BCUT2D eigenvalue weighted by molar-refractivity contribution is -0.142. The summed E-state index contributed by atoms with van der Waals surface area (Å²) in [7, 11) is 1.44. The standard InChI is InChI=1S/C16H22O2/c1-3-4-5-6-10-13-15(16(17)18-2)14-11-8-7-9-12-14/h6-12,15H,3-5,13H2,1-2H3/b10-6+. The number of carbonyl (C=O) groups is 1. The van der Waals surface area contributed by atoms with Gasteiger partial charge in [-0.2, -0.15) is 0 Å². The number of rotatable bonds is 7. The van der Waals surface area contributed by atoms with Crippen LogP contribution in [0.15, 0.2) is 42.5 Å². The fraction of sp³-hybridized carbons (Fsp3) is 0.438. The average Bonchev–Trinajstić information content (AvgIpc) is 2.43. The number of unbranched alkanes of at least 4 members (excludes halogenated alkanes) is 2. The molecular weight excluding hydrogens is 224 g/mol. The predicted octanol–water partition coefficient (Wildman–Crippen LogP) is 4.08. The highest BCUT2D eigenvalue weighted by Crippen LogP contribution is 2.21. The van der Waals surface area contributed by atoms with Crippen molar-refractivity contribution < 1.29 is 9.53 Å². The van der Waals surface area contributed by atoms with Gasteiger partial charge in [-0.25, -0.2) is 0 Å². The zero-order chi connectivity index (χ0) is 13.2. The SMILES string of the molecule is CCCC/C=C/CC(C(=O)OC)c1ccccc1. The molecule has 1 aromatic rings. The molecule has 0 saturated heterocycles. The number of ether oxygens (including phenoxy) is 1. The lowest BCUT2D eigenvalue weighted by Gasteiger charge is -2.12. The van der Waals surface area contributed by atoms with E-state index in [1.165, 1.54) is 20.0 Å². The lowest BCUT2D eigenvalue weighted by Crippen LogP contribution is -2.13. The van der Waals surface area contributed by atoms with E-state index in [1.54, 1.807) is 0 Å². The Morgan fingerprint density at radius 1 is 1.28 bits per heavy atom. The largest absolute Gasteiger partial charge is 0.469 e. The van der Waals surface area contributed by atoms with Crippen LogP contribution in [0, 0.1) is 0 Å². The van der Waals surface area contributed by atoms with Gasteiger partial charge >= 0.3 is 5.97 Å². The van der Waals surface area contributed by atoms with Gasteiger partial charge in [0.15, 0.2) is 0 Å². The normalized spacial score (nSPS) is 12.6. The first-order valence-electron chi connectivity index (χ1n) is 6.57. The predicted molar refractivity (Wildman–Crippen MR) is 74.5 cm³/mol. The van der Waals surface area contributed by atoms with Crippen LogP contribution in [0.1, 0.15) is 44.1 Å². The minimum atomic E-state index is -0.186. The van der Waals surface area contributed by atoms with Crippen molar-refractivity contribution in [3.8, 4) is 0 Å². The van der Waals surface area contributed by atoms with Crippen molar-refractivity contribution in [1.29, 1.82) is 0 Å². The highest BCUT2D eigenvalue weighted by Gasteiger charge is 2.19. The molecule has 0 saturated carbocycles. The van der Waals surface area contributed by atoms with E-state index in [2.05, 4.69) is 19.1 Å². The number of esters is 1. The van der Waals surface area contributed by atoms with Crippen LogP contribution >= 0.6 is 0 Å². The van der Waals surface area contributed by atoms with E-state index in [-0.39, 0.29) is 11.9 Å². The van der Waals surface area contributed by atoms with E-state index in [1.807, 2.05) is 30.3 Å². The number of allylic oxidation sites excluding steroid dienone is 2. The molecule has 98 valence electrons. The van der Waals surface area contributed by atoms with Crippen LogP contribution in [0.2, 0.25) is 0 Å². The molecule has 2 heteroatoms. The summed E-state index contributed by atoms with van der Waals surface area (Å²) in [6.45, 7) is 2.18. The summed E-state index contributed by atoms with van der Waals surface area (Å²) in [5.41, 5.74) is 1.02. The Balaban J connectivity index is 2.63. The fourth-order valence-corrected chi connectivity index (χ4v) is 1.87. The molecule has 0 heterocycles. The first-order valence-corrected chi connectivity index (χ1v) is 6.57. The van der Waals surface area contributed by atoms with Gasteiger partial charge in [-0.3, -0.25) is 4.79 Å². The number of hydrogen-bond acceptors (Lipinski definition) is 2. The van der Waals surface area contributed by atoms with Gasteiger partial charge in [0.05, 0.1) is 13.0 Å². The molecule has 0 aliphatic carbocycles.